The van der Waals surface area contributed by atoms with Gasteiger partial charge in [0, 0.05) is 36.8 Å². The minimum absolute atomic E-state index is 0.269. The van der Waals surface area contributed by atoms with Crippen molar-refractivity contribution in [2.45, 2.75) is 39.8 Å². The Kier molecular flexibility index (Phi) is 5.22. The number of hydrogen-bond donors (Lipinski definition) is 1. The summed E-state index contributed by atoms with van der Waals surface area (Å²) in [6.07, 6.45) is 2.80. The molecular formula is C11H20N2OS. The molecule has 0 aliphatic rings. The molecule has 1 heterocycles. The van der Waals surface area contributed by atoms with E-state index >= 15 is 0 Å². The zero-order valence-corrected chi connectivity index (χ0v) is 10.5. The summed E-state index contributed by atoms with van der Waals surface area (Å²) in [5, 5.41) is 9.95. The molecule has 0 aromatic carbocycles. The lowest BCUT2D eigenvalue weighted by Crippen LogP contribution is -2.31. The molecule has 0 aliphatic carbocycles. The molecule has 1 aromatic rings. The summed E-state index contributed by atoms with van der Waals surface area (Å²) in [4.78, 5) is 7.92. The smallest absolute Gasteiger partial charge is 0.0897 e. The Balaban J connectivity index is 2.50. The van der Waals surface area contributed by atoms with Crippen LogP contribution in [0.2, 0.25) is 0 Å². The lowest BCUT2D eigenvalue weighted by atomic mass is 10.3. The first-order valence-corrected chi connectivity index (χ1v) is 6.21. The Morgan fingerprint density at radius 2 is 2.27 bits per heavy atom. The average Bonchev–Trinajstić information content (AvgIpc) is 2.58. The van der Waals surface area contributed by atoms with Crippen LogP contribution in [0.15, 0.2) is 6.20 Å². The molecule has 86 valence electrons. The molecule has 0 atom stereocenters. The summed E-state index contributed by atoms with van der Waals surface area (Å²) in [7, 11) is 0. The highest BCUT2D eigenvalue weighted by Crippen LogP contribution is 2.15. The number of hydrogen-bond acceptors (Lipinski definition) is 4. The van der Waals surface area contributed by atoms with E-state index in [1.807, 2.05) is 13.1 Å². The lowest BCUT2D eigenvalue weighted by Gasteiger charge is -2.25. The summed E-state index contributed by atoms with van der Waals surface area (Å²) >= 11 is 1.75. The molecule has 0 spiro atoms. The summed E-state index contributed by atoms with van der Waals surface area (Å²) < 4.78 is 0. The fraction of sp³-hybridized carbons (Fsp3) is 0.727. The Morgan fingerprint density at radius 3 is 2.73 bits per heavy atom. The van der Waals surface area contributed by atoms with Crippen LogP contribution in [0.5, 0.6) is 0 Å². The van der Waals surface area contributed by atoms with Crippen molar-refractivity contribution >= 4 is 11.3 Å². The molecule has 0 saturated heterocycles. The third-order valence-electron chi connectivity index (χ3n) is 2.36. The number of aliphatic hydroxyl groups is 1. The fourth-order valence-corrected chi connectivity index (χ4v) is 2.29. The Morgan fingerprint density at radius 1 is 1.53 bits per heavy atom. The quantitative estimate of drug-likeness (QED) is 0.809. The molecule has 0 fully saturated rings. The molecule has 0 unspecified atom stereocenters. The van der Waals surface area contributed by atoms with Crippen LogP contribution in [0.3, 0.4) is 0 Å². The van der Waals surface area contributed by atoms with E-state index < -0.39 is 0 Å². The van der Waals surface area contributed by atoms with Crippen molar-refractivity contribution in [2.24, 2.45) is 0 Å². The molecule has 0 radical (unpaired) electrons. The molecule has 15 heavy (non-hydrogen) atoms. The molecule has 0 saturated carbocycles. The highest BCUT2D eigenvalue weighted by atomic mass is 32.1. The van der Waals surface area contributed by atoms with Gasteiger partial charge in [-0.3, -0.25) is 4.90 Å². The van der Waals surface area contributed by atoms with Crippen molar-refractivity contribution in [2.75, 3.05) is 13.2 Å². The van der Waals surface area contributed by atoms with Gasteiger partial charge >= 0.3 is 0 Å². The molecule has 3 nitrogen and oxygen atoms in total. The van der Waals surface area contributed by atoms with Crippen molar-refractivity contribution in [3.8, 4) is 0 Å². The van der Waals surface area contributed by atoms with Crippen LogP contribution < -0.4 is 0 Å². The van der Waals surface area contributed by atoms with Gasteiger partial charge in [0.05, 0.1) is 5.01 Å². The molecule has 1 N–H and O–H groups in total. The van der Waals surface area contributed by atoms with E-state index in [2.05, 4.69) is 23.7 Å². The molecular weight excluding hydrogens is 208 g/mol. The molecule has 0 amide bonds. The summed E-state index contributed by atoms with van der Waals surface area (Å²) in [5.41, 5.74) is 0. The standard InChI is InChI=1S/C11H20N2OS/c1-9(2)13(5-4-6-14)8-11-7-12-10(3)15-11/h7,9,14H,4-6,8H2,1-3H3. The van der Waals surface area contributed by atoms with E-state index in [4.69, 9.17) is 5.11 Å². The first-order chi connectivity index (χ1) is 7.13. The number of aliphatic hydroxyl groups excluding tert-OH is 1. The number of rotatable bonds is 6. The van der Waals surface area contributed by atoms with Crippen LogP contribution >= 0.6 is 11.3 Å². The van der Waals surface area contributed by atoms with Gasteiger partial charge in [0.2, 0.25) is 0 Å². The van der Waals surface area contributed by atoms with Gasteiger partial charge in [0.15, 0.2) is 0 Å². The van der Waals surface area contributed by atoms with Crippen molar-refractivity contribution in [3.63, 3.8) is 0 Å². The maximum atomic E-state index is 8.83. The van der Waals surface area contributed by atoms with Crippen LogP contribution in [-0.2, 0) is 6.54 Å². The van der Waals surface area contributed by atoms with Gasteiger partial charge in [0.25, 0.3) is 0 Å². The molecule has 0 bridgehead atoms. The van der Waals surface area contributed by atoms with Gasteiger partial charge < -0.3 is 5.11 Å². The van der Waals surface area contributed by atoms with Crippen LogP contribution in [0.4, 0.5) is 0 Å². The largest absolute Gasteiger partial charge is 0.396 e. The highest BCUT2D eigenvalue weighted by Gasteiger charge is 2.10. The molecule has 1 rings (SSSR count). The van der Waals surface area contributed by atoms with Crippen LogP contribution in [0, 0.1) is 6.92 Å². The van der Waals surface area contributed by atoms with E-state index in [1.165, 1.54) is 4.88 Å². The van der Waals surface area contributed by atoms with Gasteiger partial charge in [-0.05, 0) is 27.2 Å². The third kappa shape index (κ3) is 4.28. The van der Waals surface area contributed by atoms with Crippen molar-refractivity contribution in [3.05, 3.63) is 16.1 Å². The maximum absolute atomic E-state index is 8.83. The average molecular weight is 228 g/mol. The summed E-state index contributed by atoms with van der Waals surface area (Å²) in [6, 6.07) is 0.513. The topological polar surface area (TPSA) is 36.4 Å². The predicted octanol–water partition coefficient (Wildman–Crippen LogP) is 2.04. The second-order valence-corrected chi connectivity index (χ2v) is 5.31. The van der Waals surface area contributed by atoms with Crippen molar-refractivity contribution < 1.29 is 5.11 Å². The Hall–Kier alpha value is -0.450. The van der Waals surface area contributed by atoms with Crippen molar-refractivity contribution in [1.29, 1.82) is 0 Å². The van der Waals surface area contributed by atoms with E-state index in [-0.39, 0.29) is 6.61 Å². The SMILES string of the molecule is Cc1ncc(CN(CCCO)C(C)C)s1. The summed E-state index contributed by atoms with van der Waals surface area (Å²) in [6.45, 7) is 8.57. The first-order valence-electron chi connectivity index (χ1n) is 5.39. The van der Waals surface area contributed by atoms with Crippen molar-refractivity contribution in [1.82, 2.24) is 9.88 Å². The summed E-state index contributed by atoms with van der Waals surface area (Å²) in [5.74, 6) is 0. The minimum Gasteiger partial charge on any atom is -0.396 e. The molecule has 4 heteroatoms. The third-order valence-corrected chi connectivity index (χ3v) is 3.26. The Bertz CT molecular complexity index is 286. The fourth-order valence-electron chi connectivity index (χ4n) is 1.47. The zero-order chi connectivity index (χ0) is 11.3. The van der Waals surface area contributed by atoms with Gasteiger partial charge in [-0.15, -0.1) is 11.3 Å². The number of nitrogens with zero attached hydrogens (tertiary/aromatic N) is 2. The number of aryl methyl sites for hydroxylation is 1. The van der Waals surface area contributed by atoms with Crippen LogP contribution in [0.1, 0.15) is 30.2 Å². The predicted molar refractivity (Wildman–Crippen MR) is 64.1 cm³/mol. The first kappa shape index (κ1) is 12.6. The number of aromatic nitrogens is 1. The minimum atomic E-state index is 0.269. The van der Waals surface area contributed by atoms with Crippen LogP contribution in [-0.4, -0.2) is 34.2 Å². The Labute approximate surface area is 95.8 Å². The molecule has 1 aromatic heterocycles. The normalized spacial score (nSPS) is 11.6. The maximum Gasteiger partial charge on any atom is 0.0897 e. The zero-order valence-electron chi connectivity index (χ0n) is 9.73. The van der Waals surface area contributed by atoms with E-state index in [0.29, 0.717) is 6.04 Å². The van der Waals surface area contributed by atoms with Crippen LogP contribution in [0.25, 0.3) is 0 Å². The second-order valence-electron chi connectivity index (χ2n) is 3.99. The highest BCUT2D eigenvalue weighted by molar-refractivity contribution is 7.11. The van der Waals surface area contributed by atoms with Gasteiger partial charge in [-0.1, -0.05) is 0 Å². The number of thiazole rings is 1. The monoisotopic (exact) mass is 228 g/mol. The van der Waals surface area contributed by atoms with E-state index in [9.17, 15) is 0 Å². The second kappa shape index (κ2) is 6.20. The van der Waals surface area contributed by atoms with E-state index in [1.54, 1.807) is 11.3 Å². The van der Waals surface area contributed by atoms with E-state index in [0.717, 1.165) is 24.5 Å². The van der Waals surface area contributed by atoms with Gasteiger partial charge in [0.1, 0.15) is 0 Å². The lowest BCUT2D eigenvalue weighted by molar-refractivity contribution is 0.186. The molecule has 0 aliphatic heterocycles. The van der Waals surface area contributed by atoms with Gasteiger partial charge in [-0.2, -0.15) is 0 Å². The van der Waals surface area contributed by atoms with Gasteiger partial charge in [-0.25, -0.2) is 4.98 Å².